The quantitative estimate of drug-likeness (QED) is 0.766. The van der Waals surface area contributed by atoms with Crippen LogP contribution in [-0.4, -0.2) is 0 Å². The van der Waals surface area contributed by atoms with Gasteiger partial charge in [0, 0.05) is 24.2 Å². The summed E-state index contributed by atoms with van der Waals surface area (Å²) in [6, 6.07) is 0. The first-order valence-corrected chi connectivity index (χ1v) is 4.52. The summed E-state index contributed by atoms with van der Waals surface area (Å²) in [6.45, 7) is 1.74. The van der Waals surface area contributed by atoms with Gasteiger partial charge in [-0.3, -0.25) is 0 Å². The summed E-state index contributed by atoms with van der Waals surface area (Å²) in [6.07, 6.45) is 0. The van der Waals surface area contributed by atoms with Crippen LogP contribution in [0.25, 0.3) is 0 Å². The predicted molar refractivity (Wildman–Crippen MR) is 55.2 cm³/mol. The minimum absolute atomic E-state index is 0. The van der Waals surface area contributed by atoms with E-state index in [1.807, 2.05) is 0 Å². The Bertz CT molecular complexity index is 249. The molecule has 0 bridgehead atoms. The van der Waals surface area contributed by atoms with Crippen LogP contribution in [0.2, 0.25) is 8.67 Å². The maximum atomic E-state index is 5.88. The van der Waals surface area contributed by atoms with Crippen molar-refractivity contribution in [2.24, 2.45) is 0 Å². The van der Waals surface area contributed by atoms with E-state index in [2.05, 4.69) is 5.32 Å². The van der Waals surface area contributed by atoms with Crippen molar-refractivity contribution >= 4 is 51.5 Å². The van der Waals surface area contributed by atoms with Crippen molar-refractivity contribution in [1.82, 2.24) is 5.32 Å². The fourth-order valence-electron chi connectivity index (χ4n) is 1.10. The summed E-state index contributed by atoms with van der Waals surface area (Å²) in [5.41, 5.74) is 2.38. The molecule has 0 saturated heterocycles. The SMILES string of the molecule is Br.Clc1sc(Cl)c2c1CNC2. The van der Waals surface area contributed by atoms with Crippen LogP contribution in [0, 0.1) is 0 Å². The van der Waals surface area contributed by atoms with Gasteiger partial charge in [-0.25, -0.2) is 0 Å². The number of rotatable bonds is 0. The van der Waals surface area contributed by atoms with Crippen LogP contribution in [0.1, 0.15) is 11.1 Å². The monoisotopic (exact) mass is 273 g/mol. The number of halogens is 3. The van der Waals surface area contributed by atoms with Crippen molar-refractivity contribution in [3.8, 4) is 0 Å². The van der Waals surface area contributed by atoms with Crippen molar-refractivity contribution < 1.29 is 0 Å². The third-order valence-electron chi connectivity index (χ3n) is 1.62. The Labute approximate surface area is 89.5 Å². The van der Waals surface area contributed by atoms with E-state index in [4.69, 9.17) is 23.2 Å². The number of nitrogens with one attached hydrogen (secondary N) is 1. The van der Waals surface area contributed by atoms with Gasteiger partial charge in [0.2, 0.25) is 0 Å². The molecule has 0 amide bonds. The second-order valence-electron chi connectivity index (χ2n) is 2.21. The Morgan fingerprint density at radius 1 is 1.09 bits per heavy atom. The van der Waals surface area contributed by atoms with Crippen molar-refractivity contribution in [3.63, 3.8) is 0 Å². The highest BCUT2D eigenvalue weighted by Crippen LogP contribution is 2.38. The van der Waals surface area contributed by atoms with Gasteiger partial charge in [0.05, 0.1) is 8.67 Å². The smallest absolute Gasteiger partial charge is 0.0992 e. The molecular formula is C6H6BrCl2NS. The van der Waals surface area contributed by atoms with E-state index < -0.39 is 0 Å². The Balaban J connectivity index is 0.000000605. The Kier molecular flexibility index (Phi) is 3.23. The normalized spacial score (nSPS) is 14.4. The number of hydrogen-bond acceptors (Lipinski definition) is 2. The summed E-state index contributed by atoms with van der Waals surface area (Å²) in [5, 5.41) is 3.19. The molecule has 0 aliphatic carbocycles. The van der Waals surface area contributed by atoms with Crippen molar-refractivity contribution in [2.75, 3.05) is 0 Å². The zero-order valence-electron chi connectivity index (χ0n) is 5.49. The van der Waals surface area contributed by atoms with Crippen LogP contribution in [0.3, 0.4) is 0 Å². The lowest BCUT2D eigenvalue weighted by Gasteiger charge is -1.86. The second kappa shape index (κ2) is 3.62. The van der Waals surface area contributed by atoms with Gasteiger partial charge in [-0.05, 0) is 0 Å². The van der Waals surface area contributed by atoms with Crippen molar-refractivity contribution in [3.05, 3.63) is 19.8 Å². The molecule has 0 atom stereocenters. The lowest BCUT2D eigenvalue weighted by molar-refractivity contribution is 0.765. The Hall–Kier alpha value is 0.720. The maximum absolute atomic E-state index is 5.88. The molecule has 0 fully saturated rings. The fraction of sp³-hybridized carbons (Fsp3) is 0.333. The average molecular weight is 275 g/mol. The standard InChI is InChI=1S/C6H5Cl2NS.BrH/c7-5-3-1-9-2-4(3)6(8)10-5;/h9H,1-2H2;1H. The Morgan fingerprint density at radius 2 is 1.55 bits per heavy atom. The van der Waals surface area contributed by atoms with Crippen LogP contribution < -0.4 is 5.32 Å². The molecule has 11 heavy (non-hydrogen) atoms. The number of thiophene rings is 1. The molecule has 1 aromatic rings. The molecule has 1 N–H and O–H groups in total. The fourth-order valence-corrected chi connectivity index (χ4v) is 2.84. The summed E-state index contributed by atoms with van der Waals surface area (Å²) < 4.78 is 1.68. The number of hydrogen-bond donors (Lipinski definition) is 1. The summed E-state index contributed by atoms with van der Waals surface area (Å²) in [7, 11) is 0. The molecule has 62 valence electrons. The first-order chi connectivity index (χ1) is 4.79. The van der Waals surface area contributed by atoms with Crippen LogP contribution in [0.5, 0.6) is 0 Å². The van der Waals surface area contributed by atoms with Gasteiger partial charge in [0.1, 0.15) is 0 Å². The van der Waals surface area contributed by atoms with E-state index in [1.54, 1.807) is 0 Å². The third kappa shape index (κ3) is 1.58. The van der Waals surface area contributed by atoms with Gasteiger partial charge in [0.15, 0.2) is 0 Å². The molecule has 0 saturated carbocycles. The number of fused-ring (bicyclic) bond motifs is 1. The predicted octanol–water partition coefficient (Wildman–Crippen LogP) is 3.24. The zero-order valence-corrected chi connectivity index (χ0v) is 9.53. The van der Waals surface area contributed by atoms with Gasteiger partial charge >= 0.3 is 0 Å². The minimum atomic E-state index is 0. The van der Waals surface area contributed by atoms with E-state index in [1.165, 1.54) is 22.5 Å². The largest absolute Gasteiger partial charge is 0.308 e. The molecule has 1 nitrogen and oxygen atoms in total. The summed E-state index contributed by atoms with van der Waals surface area (Å²) >= 11 is 13.2. The van der Waals surface area contributed by atoms with E-state index in [0.717, 1.165) is 21.8 Å². The topological polar surface area (TPSA) is 12.0 Å². The molecule has 0 radical (unpaired) electrons. The molecule has 1 aliphatic heterocycles. The van der Waals surface area contributed by atoms with Crippen LogP contribution in [-0.2, 0) is 13.1 Å². The Morgan fingerprint density at radius 3 is 2.00 bits per heavy atom. The lowest BCUT2D eigenvalue weighted by Crippen LogP contribution is -2.00. The average Bonchev–Trinajstić information content (AvgIpc) is 2.39. The first kappa shape index (κ1) is 9.81. The van der Waals surface area contributed by atoms with Crippen molar-refractivity contribution in [2.45, 2.75) is 13.1 Å². The third-order valence-corrected chi connectivity index (χ3v) is 3.39. The molecule has 2 rings (SSSR count). The van der Waals surface area contributed by atoms with Crippen molar-refractivity contribution in [1.29, 1.82) is 0 Å². The first-order valence-electron chi connectivity index (χ1n) is 2.95. The lowest BCUT2D eigenvalue weighted by atomic mass is 10.2. The van der Waals surface area contributed by atoms with E-state index >= 15 is 0 Å². The van der Waals surface area contributed by atoms with Gasteiger partial charge in [-0.15, -0.1) is 28.3 Å². The summed E-state index contributed by atoms with van der Waals surface area (Å²) in [4.78, 5) is 0. The van der Waals surface area contributed by atoms with Crippen LogP contribution >= 0.6 is 51.5 Å². The molecule has 0 spiro atoms. The molecule has 5 heteroatoms. The molecular weight excluding hydrogens is 269 g/mol. The second-order valence-corrected chi connectivity index (χ2v) is 4.43. The molecule has 1 aromatic heterocycles. The van der Waals surface area contributed by atoms with Gasteiger partial charge in [-0.1, -0.05) is 23.2 Å². The van der Waals surface area contributed by atoms with Gasteiger partial charge in [0.25, 0.3) is 0 Å². The molecule has 1 aliphatic rings. The van der Waals surface area contributed by atoms with E-state index in [-0.39, 0.29) is 17.0 Å². The highest BCUT2D eigenvalue weighted by atomic mass is 79.9. The molecule has 0 unspecified atom stereocenters. The zero-order chi connectivity index (χ0) is 7.14. The van der Waals surface area contributed by atoms with E-state index in [9.17, 15) is 0 Å². The molecule has 0 aromatic carbocycles. The highest BCUT2D eigenvalue weighted by molar-refractivity contribution is 8.93. The molecule has 2 heterocycles. The van der Waals surface area contributed by atoms with E-state index in [0.29, 0.717) is 0 Å². The van der Waals surface area contributed by atoms with Crippen LogP contribution in [0.15, 0.2) is 0 Å². The van der Waals surface area contributed by atoms with Gasteiger partial charge < -0.3 is 5.32 Å². The van der Waals surface area contributed by atoms with Gasteiger partial charge in [-0.2, -0.15) is 0 Å². The summed E-state index contributed by atoms with van der Waals surface area (Å²) in [5.74, 6) is 0. The highest BCUT2D eigenvalue weighted by Gasteiger charge is 2.19. The minimum Gasteiger partial charge on any atom is -0.308 e. The van der Waals surface area contributed by atoms with Crippen LogP contribution in [0.4, 0.5) is 0 Å². The maximum Gasteiger partial charge on any atom is 0.0992 e.